The zero-order chi connectivity index (χ0) is 33.9. The number of benzene rings is 3. The minimum absolute atomic E-state index is 0.0714. The number of aromatic nitrogens is 3. The summed E-state index contributed by atoms with van der Waals surface area (Å²) in [6.07, 6.45) is -4.87. The number of anilines is 1. The molecule has 0 radical (unpaired) electrons. The van der Waals surface area contributed by atoms with Gasteiger partial charge in [0.2, 0.25) is 0 Å². The maximum Gasteiger partial charge on any atom is 0.491 e. The number of H-pyrrole nitrogens is 1. The molecule has 0 saturated carbocycles. The van der Waals surface area contributed by atoms with E-state index in [0.717, 1.165) is 18.2 Å². The van der Waals surface area contributed by atoms with Crippen LogP contribution >= 0.6 is 0 Å². The second kappa shape index (κ2) is 13.3. The summed E-state index contributed by atoms with van der Waals surface area (Å²) < 4.78 is 61.3. The number of methoxy groups -OCH3 is 1. The third kappa shape index (κ3) is 7.19. The summed E-state index contributed by atoms with van der Waals surface area (Å²) >= 11 is 0. The van der Waals surface area contributed by atoms with Gasteiger partial charge in [-0.1, -0.05) is 12.1 Å². The van der Waals surface area contributed by atoms with Gasteiger partial charge in [0, 0.05) is 17.7 Å². The Kier molecular flexibility index (Phi) is 9.18. The van der Waals surface area contributed by atoms with Crippen LogP contribution in [0.25, 0.3) is 5.69 Å². The Balaban J connectivity index is 1.61. The van der Waals surface area contributed by atoms with Gasteiger partial charge in [-0.2, -0.15) is 17.9 Å². The molecular formula is C30H28F3N7O7. The zero-order valence-electron chi connectivity index (χ0n) is 24.6. The number of hydrogen-bond acceptors (Lipinski definition) is 10. The Labute approximate surface area is 263 Å². The van der Waals surface area contributed by atoms with Crippen molar-refractivity contribution < 1.29 is 41.7 Å². The fourth-order valence-corrected chi connectivity index (χ4v) is 4.77. The van der Waals surface area contributed by atoms with E-state index in [1.165, 1.54) is 7.11 Å². The Morgan fingerprint density at radius 3 is 2.47 bits per heavy atom. The highest BCUT2D eigenvalue weighted by Crippen LogP contribution is 2.35. The summed E-state index contributed by atoms with van der Waals surface area (Å²) in [6.45, 7) is 0.975. The molecule has 1 aliphatic heterocycles. The van der Waals surface area contributed by atoms with Crippen LogP contribution in [0, 0.1) is 5.41 Å². The summed E-state index contributed by atoms with van der Waals surface area (Å²) in [5.41, 5.74) is 10.4. The third-order valence-corrected chi connectivity index (χ3v) is 7.03. The van der Waals surface area contributed by atoms with Crippen LogP contribution in [0.5, 0.6) is 17.2 Å². The number of ether oxygens (including phenoxy) is 4. The van der Waals surface area contributed by atoms with E-state index >= 15 is 0 Å². The minimum atomic E-state index is -5.38. The molecule has 14 nitrogen and oxygen atoms in total. The second-order valence-corrected chi connectivity index (χ2v) is 10.2. The second-order valence-electron chi connectivity index (χ2n) is 10.2. The third-order valence-electron chi connectivity index (χ3n) is 7.03. The van der Waals surface area contributed by atoms with Crippen LogP contribution in [0.4, 0.5) is 18.9 Å². The number of alkyl halides is 3. The maximum atomic E-state index is 13.3. The number of amides is 1. The van der Waals surface area contributed by atoms with Crippen LogP contribution in [-0.2, 0) is 9.53 Å². The van der Waals surface area contributed by atoms with Gasteiger partial charge < -0.3 is 35.7 Å². The predicted octanol–water partition coefficient (Wildman–Crippen LogP) is 2.79. The molecule has 47 heavy (non-hydrogen) atoms. The molecule has 1 amide bonds. The van der Waals surface area contributed by atoms with Crippen LogP contribution in [0.3, 0.4) is 0 Å². The van der Waals surface area contributed by atoms with Crippen molar-refractivity contribution in [3.05, 3.63) is 93.7 Å². The molecule has 0 spiro atoms. The molecule has 5 rings (SSSR count). The quantitative estimate of drug-likeness (QED) is 0.0690. The van der Waals surface area contributed by atoms with Gasteiger partial charge in [0.05, 0.1) is 25.9 Å². The van der Waals surface area contributed by atoms with Gasteiger partial charge in [0.15, 0.2) is 23.1 Å². The van der Waals surface area contributed by atoms with Gasteiger partial charge in [-0.15, -0.1) is 5.10 Å². The number of nitrogens with one attached hydrogen (secondary N) is 3. The standard InChI is InChI=1S/C30H28F3N7O7/c1-44-22-13-16(7-10-20(22)46-18-11-12-45-14-18)23(37-17-8-5-15(6-9-17)25(34)35)27-38-29(43)40(39-27)24-19(26(36)41)3-2-4-21(24)47-28(42)30(31,32)33/h2-10,13,18,23,37H,11-12,14H2,1H3,(H3,34,35)(H2,36,41)(H,38,39,43). The predicted molar refractivity (Wildman–Crippen MR) is 160 cm³/mol. The SMILES string of the molecule is COc1cc(C(Nc2ccc(C(=N)N)cc2)c2nn(-c3c(OC(=O)C(F)(F)F)cccc3C(N)=O)c(=O)[nH]2)ccc1OC1CCOC1. The van der Waals surface area contributed by atoms with Gasteiger partial charge in [0.1, 0.15) is 23.7 Å². The molecule has 0 aliphatic carbocycles. The van der Waals surface area contributed by atoms with E-state index in [2.05, 4.69) is 20.1 Å². The smallest absolute Gasteiger partial charge is 0.491 e. The summed E-state index contributed by atoms with van der Waals surface area (Å²) in [5.74, 6) is -3.95. The normalized spacial score (nSPS) is 15.1. The maximum absolute atomic E-state index is 13.3. The first-order valence-electron chi connectivity index (χ1n) is 13.9. The highest BCUT2D eigenvalue weighted by molar-refractivity contribution is 5.98. The van der Waals surface area contributed by atoms with Crippen LogP contribution in [0.1, 0.15) is 39.8 Å². The van der Waals surface area contributed by atoms with Crippen molar-refractivity contribution in [2.24, 2.45) is 11.5 Å². The first kappa shape index (κ1) is 32.6. The number of nitrogens with zero attached hydrogens (tertiary/aromatic N) is 2. The molecule has 246 valence electrons. The van der Waals surface area contributed by atoms with Crippen molar-refractivity contribution in [1.82, 2.24) is 14.8 Å². The monoisotopic (exact) mass is 655 g/mol. The van der Waals surface area contributed by atoms with Crippen molar-refractivity contribution in [3.63, 3.8) is 0 Å². The number of nitrogen functional groups attached to an aromatic ring is 1. The lowest BCUT2D eigenvalue weighted by Crippen LogP contribution is -2.29. The van der Waals surface area contributed by atoms with Gasteiger partial charge in [0.25, 0.3) is 5.91 Å². The molecule has 17 heteroatoms. The lowest BCUT2D eigenvalue weighted by Gasteiger charge is -2.21. The molecule has 2 unspecified atom stereocenters. The number of aromatic amines is 1. The number of nitrogens with two attached hydrogens (primary N) is 2. The molecule has 0 bridgehead atoms. The zero-order valence-corrected chi connectivity index (χ0v) is 24.6. The summed E-state index contributed by atoms with van der Waals surface area (Å²) in [5, 5.41) is 15.2. The molecular weight excluding hydrogens is 627 g/mol. The minimum Gasteiger partial charge on any atom is -0.493 e. The average Bonchev–Trinajstić information content (AvgIpc) is 3.69. The van der Waals surface area contributed by atoms with Crippen molar-refractivity contribution in [2.45, 2.75) is 24.7 Å². The fraction of sp³-hybridized carbons (Fsp3) is 0.233. The molecule has 1 aliphatic rings. The molecule has 2 heterocycles. The first-order valence-corrected chi connectivity index (χ1v) is 13.9. The van der Waals surface area contributed by atoms with Gasteiger partial charge in [-0.3, -0.25) is 15.2 Å². The summed E-state index contributed by atoms with van der Waals surface area (Å²) in [6, 6.07) is 13.7. The Morgan fingerprint density at radius 2 is 1.85 bits per heavy atom. The first-order chi connectivity index (χ1) is 22.3. The van der Waals surface area contributed by atoms with E-state index in [1.807, 2.05) is 0 Å². The lowest BCUT2D eigenvalue weighted by molar-refractivity contribution is -0.189. The number of hydrogen-bond donors (Lipinski definition) is 5. The van der Waals surface area contributed by atoms with Gasteiger partial charge in [-0.05, 0) is 54.1 Å². The van der Waals surface area contributed by atoms with E-state index in [4.69, 9.17) is 31.1 Å². The van der Waals surface area contributed by atoms with Gasteiger partial charge in [-0.25, -0.2) is 9.59 Å². The van der Waals surface area contributed by atoms with E-state index in [-0.39, 0.29) is 17.8 Å². The van der Waals surface area contributed by atoms with E-state index in [0.29, 0.717) is 52.6 Å². The van der Waals surface area contributed by atoms with Crippen molar-refractivity contribution in [1.29, 1.82) is 5.41 Å². The van der Waals surface area contributed by atoms with Crippen LogP contribution < -0.4 is 36.7 Å². The van der Waals surface area contributed by atoms with E-state index in [1.54, 1.807) is 42.5 Å². The number of esters is 1. The highest BCUT2D eigenvalue weighted by atomic mass is 19.4. The molecule has 1 fully saturated rings. The van der Waals surface area contributed by atoms with Crippen molar-refractivity contribution >= 4 is 23.4 Å². The molecule has 7 N–H and O–H groups in total. The number of primary amides is 1. The number of carbonyl (C=O) groups is 2. The van der Waals surface area contributed by atoms with Gasteiger partial charge >= 0.3 is 17.8 Å². The highest BCUT2D eigenvalue weighted by Gasteiger charge is 2.42. The Morgan fingerprint density at radius 1 is 1.11 bits per heavy atom. The average molecular weight is 656 g/mol. The Hall–Kier alpha value is -5.84. The van der Waals surface area contributed by atoms with E-state index < -0.39 is 46.8 Å². The number of amidine groups is 1. The molecule has 4 aromatic rings. The summed E-state index contributed by atoms with van der Waals surface area (Å²) in [4.78, 5) is 39.9. The largest absolute Gasteiger partial charge is 0.493 e. The van der Waals surface area contributed by atoms with E-state index in [9.17, 15) is 27.6 Å². The molecule has 3 aromatic carbocycles. The van der Waals surface area contributed by atoms with Crippen LogP contribution in [-0.4, -0.2) is 65.1 Å². The fourth-order valence-electron chi connectivity index (χ4n) is 4.77. The van der Waals surface area contributed by atoms with Crippen molar-refractivity contribution in [3.8, 4) is 22.9 Å². The topological polar surface area (TPSA) is 210 Å². The summed E-state index contributed by atoms with van der Waals surface area (Å²) in [7, 11) is 1.45. The number of rotatable bonds is 11. The number of halogens is 3. The van der Waals surface area contributed by atoms with Crippen LogP contribution in [0.2, 0.25) is 0 Å². The van der Waals surface area contributed by atoms with Crippen LogP contribution in [0.15, 0.2) is 65.5 Å². The molecule has 2 atom stereocenters. The van der Waals surface area contributed by atoms with Crippen molar-refractivity contribution in [2.75, 3.05) is 25.6 Å². The Bertz CT molecular complexity index is 1870. The number of para-hydroxylation sites is 1. The number of carbonyl (C=O) groups excluding carboxylic acids is 2. The lowest BCUT2D eigenvalue weighted by atomic mass is 10.0. The molecule has 1 aromatic heterocycles. The molecule has 1 saturated heterocycles.